The summed E-state index contributed by atoms with van der Waals surface area (Å²) in [5.74, 6) is 0.683. The molecule has 9 heteroatoms. The van der Waals surface area contributed by atoms with E-state index < -0.39 is 29.4 Å². The summed E-state index contributed by atoms with van der Waals surface area (Å²) in [5.41, 5.74) is 0.663. The Labute approximate surface area is 195 Å². The lowest BCUT2D eigenvalue weighted by molar-refractivity contribution is -0.0688. The number of aromatic nitrogens is 2. The smallest absolute Gasteiger partial charge is 0.266 e. The van der Waals surface area contributed by atoms with E-state index in [9.17, 15) is 18.3 Å². The Morgan fingerprint density at radius 2 is 1.85 bits per heavy atom. The Kier molecular flexibility index (Phi) is 5.85. The summed E-state index contributed by atoms with van der Waals surface area (Å²) in [7, 11) is 0. The fraction of sp³-hybridized carbons (Fsp3) is 0.440. The van der Waals surface area contributed by atoms with Crippen LogP contribution in [-0.2, 0) is 16.8 Å². The van der Waals surface area contributed by atoms with Gasteiger partial charge in [-0.15, -0.1) is 0 Å². The molecule has 2 aromatic carbocycles. The summed E-state index contributed by atoms with van der Waals surface area (Å²) in [6.07, 6.45) is -1.39. The molecule has 1 saturated heterocycles. The molecule has 0 unspecified atom stereocenters. The summed E-state index contributed by atoms with van der Waals surface area (Å²) in [5, 5.41) is 15.3. The number of benzene rings is 2. The lowest BCUT2D eigenvalue weighted by Crippen LogP contribution is -2.33. The average Bonchev–Trinajstić information content (AvgIpc) is 3.29. The molecule has 0 amide bonds. The van der Waals surface area contributed by atoms with Crippen LogP contribution >= 0.6 is 0 Å². The van der Waals surface area contributed by atoms with Crippen LogP contribution in [0.1, 0.15) is 60.3 Å². The SMILES string of the molecule is Cc1nc(N[C@H](C)c2cccc(C(F)F)c2F)c2cc(C3(O)CCOCC3)c3c(c2n1)CCO3. The highest BCUT2D eigenvalue weighted by Gasteiger charge is 2.38. The van der Waals surface area contributed by atoms with Crippen LogP contribution in [0.4, 0.5) is 19.0 Å². The number of aryl methyl sites for hydroxylation is 1. The van der Waals surface area contributed by atoms with Crippen LogP contribution in [0.3, 0.4) is 0 Å². The maximum Gasteiger partial charge on any atom is 0.266 e. The van der Waals surface area contributed by atoms with Gasteiger partial charge in [0, 0.05) is 54.6 Å². The van der Waals surface area contributed by atoms with Crippen molar-refractivity contribution in [1.82, 2.24) is 9.97 Å². The highest BCUT2D eigenvalue weighted by Crippen LogP contribution is 2.45. The molecule has 1 fully saturated rings. The predicted molar refractivity (Wildman–Crippen MR) is 121 cm³/mol. The summed E-state index contributed by atoms with van der Waals surface area (Å²) < 4.78 is 52.6. The molecule has 0 saturated carbocycles. The van der Waals surface area contributed by atoms with E-state index in [-0.39, 0.29) is 5.56 Å². The van der Waals surface area contributed by atoms with Crippen molar-refractivity contribution in [3.05, 3.63) is 58.2 Å². The monoisotopic (exact) mass is 473 g/mol. The molecule has 0 aliphatic carbocycles. The van der Waals surface area contributed by atoms with Gasteiger partial charge in [0.15, 0.2) is 0 Å². The Morgan fingerprint density at radius 3 is 2.59 bits per heavy atom. The van der Waals surface area contributed by atoms with Gasteiger partial charge in [0.05, 0.1) is 29.3 Å². The summed E-state index contributed by atoms with van der Waals surface area (Å²) in [4.78, 5) is 9.19. The number of fused-ring (bicyclic) bond motifs is 3. The average molecular weight is 473 g/mol. The van der Waals surface area contributed by atoms with E-state index in [0.29, 0.717) is 72.9 Å². The number of nitrogens with one attached hydrogen (secondary N) is 1. The number of alkyl halides is 2. The van der Waals surface area contributed by atoms with E-state index >= 15 is 0 Å². The molecule has 0 spiro atoms. The maximum absolute atomic E-state index is 14.8. The van der Waals surface area contributed by atoms with Crippen molar-refractivity contribution in [3.8, 4) is 5.75 Å². The quantitative estimate of drug-likeness (QED) is 0.536. The number of hydrogen-bond acceptors (Lipinski definition) is 6. The second-order valence-corrected chi connectivity index (χ2v) is 8.91. The van der Waals surface area contributed by atoms with Crippen LogP contribution in [0.25, 0.3) is 10.9 Å². The number of rotatable bonds is 5. The van der Waals surface area contributed by atoms with Crippen molar-refractivity contribution in [1.29, 1.82) is 0 Å². The van der Waals surface area contributed by atoms with Crippen molar-refractivity contribution < 1.29 is 27.8 Å². The zero-order valence-corrected chi connectivity index (χ0v) is 19.0. The fourth-order valence-corrected chi connectivity index (χ4v) is 4.87. The van der Waals surface area contributed by atoms with Gasteiger partial charge in [0.1, 0.15) is 23.2 Å². The zero-order chi connectivity index (χ0) is 24.0. The summed E-state index contributed by atoms with van der Waals surface area (Å²) in [6.45, 7) is 4.82. The molecular weight excluding hydrogens is 447 g/mol. The molecule has 2 aliphatic rings. The molecule has 1 atom stereocenters. The van der Waals surface area contributed by atoms with Gasteiger partial charge in [0.2, 0.25) is 0 Å². The number of anilines is 1. The molecule has 2 N–H and O–H groups in total. The molecule has 5 rings (SSSR count). The van der Waals surface area contributed by atoms with Crippen LogP contribution in [0, 0.1) is 12.7 Å². The van der Waals surface area contributed by atoms with Gasteiger partial charge < -0.3 is 19.9 Å². The topological polar surface area (TPSA) is 76.5 Å². The standard InChI is InChI=1S/C25H26F3N3O3/c1-13(15-4-3-5-16(20(15)26)23(27)28)29-24-18-12-19(25(32)7-10-33-11-8-25)22-17(6-9-34-22)21(18)30-14(2)31-24/h3-5,12-13,23,32H,6-11H2,1-2H3,(H,29,30,31)/t13-/m1/s1. The fourth-order valence-electron chi connectivity index (χ4n) is 4.87. The summed E-state index contributed by atoms with van der Waals surface area (Å²) in [6, 6.07) is 5.19. The van der Waals surface area contributed by atoms with Gasteiger partial charge in [-0.1, -0.05) is 18.2 Å². The van der Waals surface area contributed by atoms with Crippen LogP contribution < -0.4 is 10.1 Å². The van der Waals surface area contributed by atoms with E-state index in [2.05, 4.69) is 15.3 Å². The van der Waals surface area contributed by atoms with Crippen LogP contribution in [-0.4, -0.2) is 34.9 Å². The van der Waals surface area contributed by atoms with E-state index in [1.54, 1.807) is 13.8 Å². The second kappa shape index (κ2) is 8.70. The Hall–Kier alpha value is -2.91. The summed E-state index contributed by atoms with van der Waals surface area (Å²) >= 11 is 0. The Morgan fingerprint density at radius 1 is 1.12 bits per heavy atom. The van der Waals surface area contributed by atoms with Gasteiger partial charge in [-0.25, -0.2) is 23.1 Å². The van der Waals surface area contributed by atoms with Gasteiger partial charge in [0.25, 0.3) is 6.43 Å². The molecular formula is C25H26F3N3O3. The molecule has 180 valence electrons. The first-order valence-electron chi connectivity index (χ1n) is 11.4. The van der Waals surface area contributed by atoms with E-state index in [1.165, 1.54) is 12.1 Å². The Balaban J connectivity index is 1.62. The molecule has 6 nitrogen and oxygen atoms in total. The van der Waals surface area contributed by atoms with Gasteiger partial charge in [-0.05, 0) is 19.9 Å². The number of hydrogen-bond donors (Lipinski definition) is 2. The predicted octanol–water partition coefficient (Wildman–Crippen LogP) is 5.12. The van der Waals surface area contributed by atoms with E-state index in [4.69, 9.17) is 9.47 Å². The van der Waals surface area contributed by atoms with Crippen molar-refractivity contribution in [2.24, 2.45) is 0 Å². The molecule has 3 heterocycles. The second-order valence-electron chi connectivity index (χ2n) is 8.91. The van der Waals surface area contributed by atoms with Gasteiger partial charge >= 0.3 is 0 Å². The van der Waals surface area contributed by atoms with Crippen molar-refractivity contribution in [2.75, 3.05) is 25.1 Å². The lowest BCUT2D eigenvalue weighted by atomic mass is 9.84. The van der Waals surface area contributed by atoms with Gasteiger partial charge in [-0.2, -0.15) is 0 Å². The molecule has 3 aromatic rings. The number of ether oxygens (including phenoxy) is 2. The lowest BCUT2D eigenvalue weighted by Gasteiger charge is -2.33. The largest absolute Gasteiger partial charge is 0.492 e. The number of halogens is 3. The number of aliphatic hydroxyl groups is 1. The molecule has 0 radical (unpaired) electrons. The first-order valence-corrected chi connectivity index (χ1v) is 11.4. The third kappa shape index (κ3) is 3.86. The first-order chi connectivity index (χ1) is 16.3. The van der Waals surface area contributed by atoms with E-state index in [0.717, 1.165) is 11.6 Å². The Bertz CT molecular complexity index is 1250. The van der Waals surface area contributed by atoms with Crippen molar-refractivity contribution >= 4 is 16.7 Å². The van der Waals surface area contributed by atoms with Crippen LogP contribution in [0.2, 0.25) is 0 Å². The van der Waals surface area contributed by atoms with E-state index in [1.807, 2.05) is 6.07 Å². The van der Waals surface area contributed by atoms with Crippen molar-refractivity contribution in [2.45, 2.75) is 51.2 Å². The van der Waals surface area contributed by atoms with Crippen LogP contribution in [0.15, 0.2) is 24.3 Å². The highest BCUT2D eigenvalue weighted by molar-refractivity contribution is 5.94. The number of nitrogens with zero attached hydrogens (tertiary/aromatic N) is 2. The normalized spacial score (nSPS) is 18.1. The molecule has 34 heavy (non-hydrogen) atoms. The minimum Gasteiger partial charge on any atom is -0.492 e. The third-order valence-electron chi connectivity index (χ3n) is 6.68. The van der Waals surface area contributed by atoms with Crippen molar-refractivity contribution in [3.63, 3.8) is 0 Å². The first kappa shape index (κ1) is 22.9. The van der Waals surface area contributed by atoms with Crippen LogP contribution in [0.5, 0.6) is 5.75 Å². The zero-order valence-electron chi connectivity index (χ0n) is 19.0. The highest BCUT2D eigenvalue weighted by atomic mass is 19.3. The molecule has 0 bridgehead atoms. The maximum atomic E-state index is 14.8. The van der Waals surface area contributed by atoms with Gasteiger partial charge in [-0.3, -0.25) is 0 Å². The third-order valence-corrected chi connectivity index (χ3v) is 6.68. The minimum atomic E-state index is -2.90. The molecule has 1 aromatic heterocycles. The minimum absolute atomic E-state index is 0.120. The molecule has 2 aliphatic heterocycles.